The van der Waals surface area contributed by atoms with Gasteiger partial charge in [0.05, 0.1) is 0 Å². The first-order chi connectivity index (χ1) is 6.77. The molecule has 3 heteroatoms. The Kier molecular flexibility index (Phi) is 4.63. The summed E-state index contributed by atoms with van der Waals surface area (Å²) in [7, 11) is 0. The number of hydrogen-bond acceptors (Lipinski definition) is 1. The Hall–Kier alpha value is -0.0500. The summed E-state index contributed by atoms with van der Waals surface area (Å²) < 4.78 is 0. The first kappa shape index (κ1) is 13.0. The third-order valence-corrected chi connectivity index (χ3v) is 3.66. The lowest BCUT2D eigenvalue weighted by atomic mass is 9.79. The van der Waals surface area contributed by atoms with Crippen LogP contribution in [0.5, 0.6) is 0 Å². The molecule has 1 aliphatic rings. The Balaban J connectivity index is 0.00000112. The zero-order valence-corrected chi connectivity index (χ0v) is 11.0. The van der Waals surface area contributed by atoms with Crippen molar-refractivity contribution in [2.75, 3.05) is 6.54 Å². The van der Waals surface area contributed by atoms with Crippen molar-refractivity contribution in [2.45, 2.75) is 31.1 Å². The van der Waals surface area contributed by atoms with E-state index in [4.69, 9.17) is 17.3 Å². The lowest BCUT2D eigenvalue weighted by Crippen LogP contribution is -3.00. The van der Waals surface area contributed by atoms with Crippen molar-refractivity contribution < 1.29 is 17.0 Å². The minimum Gasteiger partial charge on any atom is -1.00 e. The van der Waals surface area contributed by atoms with Crippen LogP contribution in [-0.4, -0.2) is 6.54 Å². The molecule has 0 bridgehead atoms. The van der Waals surface area contributed by atoms with Gasteiger partial charge in [-0.3, -0.25) is 0 Å². The van der Waals surface area contributed by atoms with Crippen LogP contribution < -0.4 is 22.7 Å². The molecule has 0 radical (unpaired) electrons. The molecule has 0 atom stereocenters. The van der Waals surface area contributed by atoms with E-state index in [-0.39, 0.29) is 22.4 Å². The standard InChI is InChI=1S/C12H16ClN.BrH/c13-11-5-3-10(4-6-11)12(9-14)7-1-2-8-12;/h3-6H,1-2,7-9,14H2;1H/p-1. The third-order valence-electron chi connectivity index (χ3n) is 3.41. The first-order valence-electron chi connectivity index (χ1n) is 5.23. The molecule has 0 aliphatic heterocycles. The van der Waals surface area contributed by atoms with E-state index in [9.17, 15) is 0 Å². The van der Waals surface area contributed by atoms with E-state index in [2.05, 4.69) is 12.1 Å². The summed E-state index contributed by atoms with van der Waals surface area (Å²) >= 11 is 5.88. The fraction of sp³-hybridized carbons (Fsp3) is 0.500. The Morgan fingerprint density at radius 2 is 1.67 bits per heavy atom. The van der Waals surface area contributed by atoms with Crippen molar-refractivity contribution in [1.82, 2.24) is 0 Å². The van der Waals surface area contributed by atoms with Gasteiger partial charge in [-0.05, 0) is 30.5 Å². The number of nitrogens with two attached hydrogens (primary N) is 1. The highest BCUT2D eigenvalue weighted by atomic mass is 79.9. The highest BCUT2D eigenvalue weighted by Gasteiger charge is 2.33. The van der Waals surface area contributed by atoms with Crippen molar-refractivity contribution in [3.8, 4) is 0 Å². The largest absolute Gasteiger partial charge is 1.00 e. The van der Waals surface area contributed by atoms with Gasteiger partial charge < -0.3 is 22.7 Å². The molecule has 0 heterocycles. The normalized spacial score (nSPS) is 18.5. The Morgan fingerprint density at radius 1 is 1.13 bits per heavy atom. The molecular formula is C12H16BrClN-. The van der Waals surface area contributed by atoms with Gasteiger partial charge in [0.15, 0.2) is 0 Å². The van der Waals surface area contributed by atoms with Gasteiger partial charge in [0.1, 0.15) is 0 Å². The molecule has 0 aromatic heterocycles. The maximum absolute atomic E-state index is 5.91. The average molecular weight is 290 g/mol. The molecule has 0 spiro atoms. The van der Waals surface area contributed by atoms with Crippen molar-refractivity contribution in [3.63, 3.8) is 0 Å². The second kappa shape index (κ2) is 5.33. The van der Waals surface area contributed by atoms with Gasteiger partial charge in [-0.2, -0.15) is 0 Å². The Labute approximate surface area is 107 Å². The summed E-state index contributed by atoms with van der Waals surface area (Å²) in [4.78, 5) is 0. The minimum absolute atomic E-state index is 0. The average Bonchev–Trinajstić information content (AvgIpc) is 2.68. The van der Waals surface area contributed by atoms with E-state index in [1.165, 1.54) is 31.2 Å². The fourth-order valence-electron chi connectivity index (χ4n) is 2.47. The molecule has 1 aromatic carbocycles. The first-order valence-corrected chi connectivity index (χ1v) is 5.61. The smallest absolute Gasteiger partial charge is 0.0406 e. The second-order valence-corrected chi connectivity index (χ2v) is 4.63. The number of benzene rings is 1. The maximum atomic E-state index is 5.91. The van der Waals surface area contributed by atoms with E-state index in [1.807, 2.05) is 12.1 Å². The summed E-state index contributed by atoms with van der Waals surface area (Å²) in [5.41, 5.74) is 7.51. The van der Waals surface area contributed by atoms with Crippen molar-refractivity contribution >= 4 is 11.6 Å². The van der Waals surface area contributed by atoms with Crippen LogP contribution in [0, 0.1) is 0 Å². The summed E-state index contributed by atoms with van der Waals surface area (Å²) in [6, 6.07) is 8.18. The SMILES string of the molecule is NCC1(c2ccc(Cl)cc2)CCCC1.[Br-]. The van der Waals surface area contributed by atoms with Gasteiger partial charge >= 0.3 is 0 Å². The molecule has 84 valence electrons. The molecular weight excluding hydrogens is 273 g/mol. The zero-order valence-electron chi connectivity index (χ0n) is 8.68. The fourth-order valence-corrected chi connectivity index (χ4v) is 2.59. The quantitative estimate of drug-likeness (QED) is 0.822. The molecule has 1 aliphatic carbocycles. The monoisotopic (exact) mass is 288 g/mol. The van der Waals surface area contributed by atoms with E-state index in [1.54, 1.807) is 0 Å². The molecule has 1 aromatic rings. The van der Waals surface area contributed by atoms with Crippen LogP contribution >= 0.6 is 11.6 Å². The van der Waals surface area contributed by atoms with Crippen molar-refractivity contribution in [3.05, 3.63) is 34.9 Å². The van der Waals surface area contributed by atoms with Gasteiger partial charge in [-0.25, -0.2) is 0 Å². The Morgan fingerprint density at radius 3 is 2.13 bits per heavy atom. The molecule has 2 N–H and O–H groups in total. The van der Waals surface area contributed by atoms with Crippen molar-refractivity contribution in [2.24, 2.45) is 5.73 Å². The maximum Gasteiger partial charge on any atom is 0.0406 e. The highest BCUT2D eigenvalue weighted by Crippen LogP contribution is 2.40. The highest BCUT2D eigenvalue weighted by molar-refractivity contribution is 6.30. The van der Waals surface area contributed by atoms with Crippen LogP contribution in [0.1, 0.15) is 31.2 Å². The summed E-state index contributed by atoms with van der Waals surface area (Å²) in [5, 5.41) is 0.805. The third kappa shape index (κ3) is 2.55. The van der Waals surface area contributed by atoms with Gasteiger partial charge in [-0.1, -0.05) is 36.6 Å². The van der Waals surface area contributed by atoms with Crippen LogP contribution in [-0.2, 0) is 5.41 Å². The molecule has 1 fully saturated rings. The number of hydrogen-bond donors (Lipinski definition) is 1. The Bertz CT molecular complexity index is 304. The number of rotatable bonds is 2. The van der Waals surface area contributed by atoms with E-state index in [0.29, 0.717) is 0 Å². The number of halogens is 2. The van der Waals surface area contributed by atoms with Gasteiger partial charge in [0, 0.05) is 17.0 Å². The van der Waals surface area contributed by atoms with Gasteiger partial charge in [0.2, 0.25) is 0 Å². The second-order valence-electron chi connectivity index (χ2n) is 4.20. The van der Waals surface area contributed by atoms with Crippen LogP contribution in [0.25, 0.3) is 0 Å². The molecule has 0 amide bonds. The summed E-state index contributed by atoms with van der Waals surface area (Å²) in [6.45, 7) is 0.759. The molecule has 1 nitrogen and oxygen atoms in total. The molecule has 0 saturated heterocycles. The van der Waals surface area contributed by atoms with Gasteiger partial charge in [0.25, 0.3) is 0 Å². The van der Waals surface area contributed by atoms with Crippen molar-refractivity contribution in [1.29, 1.82) is 0 Å². The predicted octanol–water partition coefficient (Wildman–Crippen LogP) is 0.115. The predicted molar refractivity (Wildman–Crippen MR) is 60.7 cm³/mol. The van der Waals surface area contributed by atoms with E-state index < -0.39 is 0 Å². The van der Waals surface area contributed by atoms with Crippen LogP contribution in [0.4, 0.5) is 0 Å². The minimum atomic E-state index is 0. The zero-order chi connectivity index (χ0) is 10.0. The summed E-state index contributed by atoms with van der Waals surface area (Å²) in [5.74, 6) is 0. The van der Waals surface area contributed by atoms with Crippen LogP contribution in [0.15, 0.2) is 24.3 Å². The molecule has 2 rings (SSSR count). The topological polar surface area (TPSA) is 26.0 Å². The summed E-state index contributed by atoms with van der Waals surface area (Å²) in [6.07, 6.45) is 5.07. The van der Waals surface area contributed by atoms with Crippen LogP contribution in [0.3, 0.4) is 0 Å². The molecule has 15 heavy (non-hydrogen) atoms. The lowest BCUT2D eigenvalue weighted by molar-refractivity contribution is -0.00000292. The molecule has 0 unspecified atom stereocenters. The van der Waals surface area contributed by atoms with E-state index in [0.717, 1.165) is 11.6 Å². The van der Waals surface area contributed by atoms with Gasteiger partial charge in [-0.15, -0.1) is 0 Å². The van der Waals surface area contributed by atoms with Crippen LogP contribution in [0.2, 0.25) is 5.02 Å². The molecule has 1 saturated carbocycles. The van der Waals surface area contributed by atoms with E-state index >= 15 is 0 Å². The lowest BCUT2D eigenvalue weighted by Gasteiger charge is -2.27.